The van der Waals surface area contributed by atoms with Crippen molar-refractivity contribution in [1.82, 2.24) is 5.32 Å². The molecule has 21 heavy (non-hydrogen) atoms. The largest absolute Gasteiger partial charge is 0.444 e. The fourth-order valence-electron chi connectivity index (χ4n) is 1.52. The van der Waals surface area contributed by atoms with Gasteiger partial charge < -0.3 is 15.4 Å². The Bertz CT molecular complexity index is 481. The van der Waals surface area contributed by atoms with Gasteiger partial charge in [0, 0.05) is 19.2 Å². The summed E-state index contributed by atoms with van der Waals surface area (Å²) in [6, 6.07) is 1.79. The van der Waals surface area contributed by atoms with Crippen LogP contribution in [-0.2, 0) is 4.74 Å². The molecule has 118 valence electrons. The highest BCUT2D eigenvalue weighted by Crippen LogP contribution is 2.26. The van der Waals surface area contributed by atoms with E-state index in [2.05, 4.69) is 10.6 Å². The number of amides is 1. The topological polar surface area (TPSA) is 50.4 Å². The molecule has 1 amide bonds. The van der Waals surface area contributed by atoms with E-state index >= 15 is 0 Å². The molecular formula is C14H19ClF2N2O2. The molecule has 2 N–H and O–H groups in total. The zero-order valence-corrected chi connectivity index (χ0v) is 13.0. The minimum atomic E-state index is -0.750. The molecule has 1 aromatic carbocycles. The van der Waals surface area contributed by atoms with Gasteiger partial charge in [0.05, 0.1) is 10.7 Å². The first-order valence-corrected chi connectivity index (χ1v) is 6.92. The van der Waals surface area contributed by atoms with Crippen LogP contribution in [0.1, 0.15) is 27.2 Å². The smallest absolute Gasteiger partial charge is 0.407 e. The Morgan fingerprint density at radius 2 is 1.95 bits per heavy atom. The van der Waals surface area contributed by atoms with Crippen molar-refractivity contribution in [2.45, 2.75) is 32.8 Å². The molecule has 0 aliphatic rings. The third-order valence-electron chi connectivity index (χ3n) is 2.33. The first-order valence-electron chi connectivity index (χ1n) is 6.54. The van der Waals surface area contributed by atoms with E-state index in [1.165, 1.54) is 0 Å². The molecule has 0 aromatic heterocycles. The van der Waals surface area contributed by atoms with Gasteiger partial charge in [0.15, 0.2) is 5.82 Å². The Hall–Kier alpha value is -1.56. The van der Waals surface area contributed by atoms with E-state index in [0.29, 0.717) is 19.5 Å². The molecule has 0 saturated heterocycles. The first kappa shape index (κ1) is 17.5. The van der Waals surface area contributed by atoms with Gasteiger partial charge in [-0.2, -0.15) is 0 Å². The second-order valence-corrected chi connectivity index (χ2v) is 5.86. The molecule has 0 aliphatic carbocycles. The predicted octanol–water partition coefficient (Wildman–Crippen LogP) is 3.94. The molecule has 0 spiro atoms. The summed E-state index contributed by atoms with van der Waals surface area (Å²) in [5.74, 6) is -1.48. The van der Waals surface area contributed by atoms with E-state index in [4.69, 9.17) is 16.3 Å². The van der Waals surface area contributed by atoms with Gasteiger partial charge in [-0.1, -0.05) is 11.6 Å². The summed E-state index contributed by atoms with van der Waals surface area (Å²) in [4.78, 5) is 11.4. The Morgan fingerprint density at radius 1 is 1.29 bits per heavy atom. The second-order valence-electron chi connectivity index (χ2n) is 5.45. The minimum Gasteiger partial charge on any atom is -0.444 e. The maximum Gasteiger partial charge on any atom is 0.407 e. The Morgan fingerprint density at radius 3 is 2.52 bits per heavy atom. The summed E-state index contributed by atoms with van der Waals surface area (Å²) in [5.41, 5.74) is -0.497. The lowest BCUT2D eigenvalue weighted by molar-refractivity contribution is 0.0528. The van der Waals surface area contributed by atoms with Crippen LogP contribution in [0.25, 0.3) is 0 Å². The van der Waals surface area contributed by atoms with Gasteiger partial charge >= 0.3 is 6.09 Å². The van der Waals surface area contributed by atoms with Gasteiger partial charge in [0.25, 0.3) is 0 Å². The molecule has 1 rings (SSSR count). The number of alkyl carbamates (subject to hydrolysis) is 1. The molecule has 0 saturated carbocycles. The maximum atomic E-state index is 13.5. The maximum absolute atomic E-state index is 13.5. The van der Waals surface area contributed by atoms with E-state index in [9.17, 15) is 13.6 Å². The van der Waals surface area contributed by atoms with Gasteiger partial charge in [-0.25, -0.2) is 13.6 Å². The summed E-state index contributed by atoms with van der Waals surface area (Å²) in [5, 5.41) is 5.32. The second kappa shape index (κ2) is 7.45. The molecule has 0 bridgehead atoms. The number of benzene rings is 1. The lowest BCUT2D eigenvalue weighted by atomic mass is 10.2. The van der Waals surface area contributed by atoms with Crippen LogP contribution in [0.5, 0.6) is 0 Å². The molecule has 0 radical (unpaired) electrons. The first-order chi connectivity index (χ1) is 9.69. The number of hydrogen-bond donors (Lipinski definition) is 2. The third-order valence-corrected chi connectivity index (χ3v) is 2.63. The zero-order chi connectivity index (χ0) is 16.0. The highest BCUT2D eigenvalue weighted by molar-refractivity contribution is 6.33. The van der Waals surface area contributed by atoms with Crippen molar-refractivity contribution in [3.05, 3.63) is 28.8 Å². The molecule has 0 fully saturated rings. The lowest BCUT2D eigenvalue weighted by Gasteiger charge is -2.19. The lowest BCUT2D eigenvalue weighted by Crippen LogP contribution is -2.33. The SMILES string of the molecule is CC(C)(C)OC(=O)NCCCNc1c(F)cc(F)cc1Cl. The number of halogens is 3. The fraction of sp³-hybridized carbons (Fsp3) is 0.500. The normalized spacial score (nSPS) is 11.1. The molecular weight excluding hydrogens is 302 g/mol. The fourth-order valence-corrected chi connectivity index (χ4v) is 1.78. The molecule has 0 atom stereocenters. The molecule has 0 heterocycles. The Kier molecular flexibility index (Phi) is 6.20. The average Bonchev–Trinajstić information content (AvgIpc) is 2.29. The van der Waals surface area contributed by atoms with Crippen LogP contribution in [0.3, 0.4) is 0 Å². The summed E-state index contributed by atoms with van der Waals surface area (Å²) >= 11 is 5.74. The Labute approximate surface area is 127 Å². The number of carbonyl (C=O) groups is 1. The standard InChI is InChI=1S/C14H19ClF2N2O2/c1-14(2,3)21-13(20)19-6-4-5-18-12-10(15)7-9(16)8-11(12)17/h7-8,18H,4-6H2,1-3H3,(H,19,20). The monoisotopic (exact) mass is 320 g/mol. The summed E-state index contributed by atoms with van der Waals surface area (Å²) < 4.78 is 31.4. The van der Waals surface area contributed by atoms with Crippen molar-refractivity contribution in [1.29, 1.82) is 0 Å². The van der Waals surface area contributed by atoms with Crippen LogP contribution in [0.2, 0.25) is 5.02 Å². The highest BCUT2D eigenvalue weighted by Gasteiger charge is 2.15. The number of anilines is 1. The van der Waals surface area contributed by atoms with E-state index in [1.54, 1.807) is 20.8 Å². The molecule has 0 aliphatic heterocycles. The number of rotatable bonds is 5. The third kappa shape index (κ3) is 6.62. The van der Waals surface area contributed by atoms with Crippen molar-refractivity contribution in [2.75, 3.05) is 18.4 Å². The van der Waals surface area contributed by atoms with Gasteiger partial charge in [0.2, 0.25) is 0 Å². The summed E-state index contributed by atoms with van der Waals surface area (Å²) in [6.07, 6.45) is 0.0281. The van der Waals surface area contributed by atoms with Crippen molar-refractivity contribution in [3.63, 3.8) is 0 Å². The molecule has 0 unspecified atom stereocenters. The van der Waals surface area contributed by atoms with Crippen LogP contribution < -0.4 is 10.6 Å². The van der Waals surface area contributed by atoms with E-state index in [-0.39, 0.29) is 10.7 Å². The van der Waals surface area contributed by atoms with E-state index < -0.39 is 23.3 Å². The quantitative estimate of drug-likeness (QED) is 0.808. The number of carbonyl (C=O) groups excluding carboxylic acids is 1. The van der Waals surface area contributed by atoms with Crippen molar-refractivity contribution in [3.8, 4) is 0 Å². The Balaban J connectivity index is 2.31. The van der Waals surface area contributed by atoms with Crippen LogP contribution in [-0.4, -0.2) is 24.8 Å². The molecule has 1 aromatic rings. The highest BCUT2D eigenvalue weighted by atomic mass is 35.5. The average molecular weight is 321 g/mol. The molecule has 4 nitrogen and oxygen atoms in total. The van der Waals surface area contributed by atoms with Crippen LogP contribution in [0.15, 0.2) is 12.1 Å². The van der Waals surface area contributed by atoms with E-state index in [0.717, 1.165) is 12.1 Å². The summed E-state index contributed by atoms with van der Waals surface area (Å²) in [6.45, 7) is 6.05. The number of hydrogen-bond acceptors (Lipinski definition) is 3. The van der Waals surface area contributed by atoms with Crippen molar-refractivity contribution in [2.24, 2.45) is 0 Å². The molecule has 7 heteroatoms. The van der Waals surface area contributed by atoms with Crippen LogP contribution >= 0.6 is 11.6 Å². The van der Waals surface area contributed by atoms with E-state index in [1.807, 2.05) is 0 Å². The van der Waals surface area contributed by atoms with Crippen molar-refractivity contribution >= 4 is 23.4 Å². The van der Waals surface area contributed by atoms with Crippen LogP contribution in [0, 0.1) is 11.6 Å². The minimum absolute atomic E-state index is 0.0207. The van der Waals surface area contributed by atoms with Gasteiger partial charge in [-0.05, 0) is 33.3 Å². The zero-order valence-electron chi connectivity index (χ0n) is 12.2. The van der Waals surface area contributed by atoms with Crippen molar-refractivity contribution < 1.29 is 18.3 Å². The van der Waals surface area contributed by atoms with Gasteiger partial charge in [-0.15, -0.1) is 0 Å². The summed E-state index contributed by atoms with van der Waals surface area (Å²) in [7, 11) is 0. The predicted molar refractivity (Wildman–Crippen MR) is 78.7 cm³/mol. The number of ether oxygens (including phenoxy) is 1. The van der Waals surface area contributed by atoms with Gasteiger partial charge in [0.1, 0.15) is 11.4 Å². The number of nitrogens with one attached hydrogen (secondary N) is 2. The van der Waals surface area contributed by atoms with Gasteiger partial charge in [-0.3, -0.25) is 0 Å². The van der Waals surface area contributed by atoms with Crippen LogP contribution in [0.4, 0.5) is 19.3 Å².